The van der Waals surface area contributed by atoms with Gasteiger partial charge in [0.25, 0.3) is 0 Å². The van der Waals surface area contributed by atoms with Crippen molar-refractivity contribution in [3.8, 4) is 0 Å². The summed E-state index contributed by atoms with van der Waals surface area (Å²) < 4.78 is 0. The van der Waals surface area contributed by atoms with Gasteiger partial charge >= 0.3 is 0 Å². The van der Waals surface area contributed by atoms with Crippen LogP contribution in [0.2, 0.25) is 0 Å². The topological polar surface area (TPSA) is 15.3 Å². The summed E-state index contributed by atoms with van der Waals surface area (Å²) >= 11 is 2.12. The first-order valence-electron chi connectivity index (χ1n) is 5.17. The molecule has 3 atom stereocenters. The fourth-order valence-corrected chi connectivity index (χ4v) is 3.35. The Bertz CT molecular complexity index is 142. The van der Waals surface area contributed by atoms with E-state index in [1.54, 1.807) is 0 Å². The fourth-order valence-electron chi connectivity index (χ4n) is 2.00. The van der Waals surface area contributed by atoms with Crippen LogP contribution in [-0.4, -0.2) is 48.1 Å². The van der Waals surface area contributed by atoms with Crippen molar-refractivity contribution in [2.24, 2.45) is 0 Å². The second-order valence-electron chi connectivity index (χ2n) is 4.12. The molecule has 1 aliphatic rings. The molecule has 1 aliphatic heterocycles. The molecule has 0 aromatic carbocycles. The normalized spacial score (nSPS) is 33.2. The second kappa shape index (κ2) is 5.23. The Morgan fingerprint density at radius 3 is 2.38 bits per heavy atom. The lowest BCUT2D eigenvalue weighted by Gasteiger charge is -2.38. The SMILES string of the molecule is CNCC(C)N1CC(C)SC(C)C1. The molecule has 0 aromatic heterocycles. The van der Waals surface area contributed by atoms with Gasteiger partial charge in [0.05, 0.1) is 0 Å². The summed E-state index contributed by atoms with van der Waals surface area (Å²) in [6.07, 6.45) is 0. The zero-order valence-corrected chi connectivity index (χ0v) is 10.0. The molecule has 1 N–H and O–H groups in total. The van der Waals surface area contributed by atoms with E-state index in [1.807, 2.05) is 7.05 Å². The van der Waals surface area contributed by atoms with Gasteiger partial charge in [0.1, 0.15) is 0 Å². The summed E-state index contributed by atoms with van der Waals surface area (Å²) in [5.74, 6) is 0. The van der Waals surface area contributed by atoms with Crippen molar-refractivity contribution in [3.63, 3.8) is 0 Å². The van der Waals surface area contributed by atoms with E-state index < -0.39 is 0 Å². The molecule has 1 heterocycles. The molecule has 0 saturated carbocycles. The molecule has 0 aromatic rings. The van der Waals surface area contributed by atoms with E-state index in [1.165, 1.54) is 13.1 Å². The molecule has 2 nitrogen and oxygen atoms in total. The summed E-state index contributed by atoms with van der Waals surface area (Å²) in [4.78, 5) is 2.60. The van der Waals surface area contributed by atoms with E-state index >= 15 is 0 Å². The lowest BCUT2D eigenvalue weighted by Crippen LogP contribution is -2.48. The third-order valence-corrected chi connectivity index (χ3v) is 3.80. The van der Waals surface area contributed by atoms with Crippen LogP contribution < -0.4 is 5.32 Å². The van der Waals surface area contributed by atoms with Crippen molar-refractivity contribution in [2.75, 3.05) is 26.7 Å². The van der Waals surface area contributed by atoms with Crippen LogP contribution in [0.5, 0.6) is 0 Å². The highest BCUT2D eigenvalue weighted by Crippen LogP contribution is 2.25. The van der Waals surface area contributed by atoms with Crippen LogP contribution in [0.15, 0.2) is 0 Å². The Kier molecular flexibility index (Phi) is 4.56. The summed E-state index contributed by atoms with van der Waals surface area (Å²) in [7, 11) is 2.03. The number of nitrogens with one attached hydrogen (secondary N) is 1. The Hall–Kier alpha value is 0.270. The van der Waals surface area contributed by atoms with E-state index in [9.17, 15) is 0 Å². The maximum absolute atomic E-state index is 3.25. The van der Waals surface area contributed by atoms with Gasteiger partial charge in [-0.25, -0.2) is 0 Å². The van der Waals surface area contributed by atoms with Crippen LogP contribution >= 0.6 is 11.8 Å². The average molecular weight is 202 g/mol. The zero-order chi connectivity index (χ0) is 9.84. The van der Waals surface area contributed by atoms with Crippen LogP contribution in [0.4, 0.5) is 0 Å². The molecule has 3 unspecified atom stereocenters. The molecule has 13 heavy (non-hydrogen) atoms. The van der Waals surface area contributed by atoms with Gasteiger partial charge in [0.2, 0.25) is 0 Å². The number of thioether (sulfide) groups is 1. The monoisotopic (exact) mass is 202 g/mol. The molecule has 1 fully saturated rings. The van der Waals surface area contributed by atoms with Crippen molar-refractivity contribution >= 4 is 11.8 Å². The third kappa shape index (κ3) is 3.49. The summed E-state index contributed by atoms with van der Waals surface area (Å²) in [5.41, 5.74) is 0. The van der Waals surface area contributed by atoms with Crippen molar-refractivity contribution in [3.05, 3.63) is 0 Å². The maximum Gasteiger partial charge on any atom is 0.0193 e. The van der Waals surface area contributed by atoms with Crippen LogP contribution in [0.25, 0.3) is 0 Å². The van der Waals surface area contributed by atoms with E-state index in [4.69, 9.17) is 0 Å². The number of hydrogen-bond acceptors (Lipinski definition) is 3. The number of nitrogens with zero attached hydrogens (tertiary/aromatic N) is 1. The molecule has 1 saturated heterocycles. The Morgan fingerprint density at radius 1 is 1.38 bits per heavy atom. The Labute approximate surface area is 86.5 Å². The molecule has 1 rings (SSSR count). The molecule has 0 amide bonds. The highest BCUT2D eigenvalue weighted by Gasteiger charge is 2.24. The molecule has 0 radical (unpaired) electrons. The van der Waals surface area contributed by atoms with Gasteiger partial charge in [-0.2, -0.15) is 11.8 Å². The average Bonchev–Trinajstić information content (AvgIpc) is 2.03. The van der Waals surface area contributed by atoms with E-state index in [-0.39, 0.29) is 0 Å². The van der Waals surface area contributed by atoms with Crippen LogP contribution in [-0.2, 0) is 0 Å². The second-order valence-corrected chi connectivity index (χ2v) is 6.00. The van der Waals surface area contributed by atoms with Gasteiger partial charge in [0.15, 0.2) is 0 Å². The minimum atomic E-state index is 0.677. The standard InChI is InChI=1S/C10H22N2S/c1-8(5-11-4)12-6-9(2)13-10(3)7-12/h8-11H,5-7H2,1-4H3. The summed E-state index contributed by atoms with van der Waals surface area (Å²) in [6, 6.07) is 0.677. The van der Waals surface area contributed by atoms with Crippen LogP contribution in [0, 0.1) is 0 Å². The smallest absolute Gasteiger partial charge is 0.0193 e. The molecular weight excluding hydrogens is 180 g/mol. The van der Waals surface area contributed by atoms with Crippen molar-refractivity contribution < 1.29 is 0 Å². The maximum atomic E-state index is 3.25. The summed E-state index contributed by atoms with van der Waals surface area (Å²) in [5, 5.41) is 4.83. The Balaban J connectivity index is 2.40. The predicted molar refractivity (Wildman–Crippen MR) is 61.5 cm³/mol. The first-order valence-corrected chi connectivity index (χ1v) is 6.12. The minimum Gasteiger partial charge on any atom is -0.318 e. The lowest BCUT2D eigenvalue weighted by atomic mass is 10.2. The Morgan fingerprint density at radius 2 is 1.92 bits per heavy atom. The van der Waals surface area contributed by atoms with Gasteiger partial charge in [-0.1, -0.05) is 13.8 Å². The van der Waals surface area contributed by atoms with Crippen molar-refractivity contribution in [1.29, 1.82) is 0 Å². The van der Waals surface area contributed by atoms with Gasteiger partial charge in [-0.05, 0) is 14.0 Å². The van der Waals surface area contributed by atoms with Gasteiger partial charge < -0.3 is 5.32 Å². The van der Waals surface area contributed by atoms with Gasteiger partial charge in [0, 0.05) is 36.2 Å². The molecular formula is C10H22N2S. The zero-order valence-electron chi connectivity index (χ0n) is 9.21. The molecule has 78 valence electrons. The lowest BCUT2D eigenvalue weighted by molar-refractivity contribution is 0.204. The highest BCUT2D eigenvalue weighted by atomic mass is 32.2. The van der Waals surface area contributed by atoms with Crippen LogP contribution in [0.1, 0.15) is 20.8 Å². The molecule has 3 heteroatoms. The first kappa shape index (κ1) is 11.3. The van der Waals surface area contributed by atoms with Crippen molar-refractivity contribution in [1.82, 2.24) is 10.2 Å². The van der Waals surface area contributed by atoms with Crippen LogP contribution in [0.3, 0.4) is 0 Å². The molecule has 0 aliphatic carbocycles. The molecule has 0 bridgehead atoms. The van der Waals surface area contributed by atoms with Gasteiger partial charge in [-0.3, -0.25) is 4.90 Å². The quantitative estimate of drug-likeness (QED) is 0.745. The minimum absolute atomic E-state index is 0.677. The van der Waals surface area contributed by atoms with Gasteiger partial charge in [-0.15, -0.1) is 0 Å². The largest absolute Gasteiger partial charge is 0.318 e. The van der Waals surface area contributed by atoms with E-state index in [0.29, 0.717) is 6.04 Å². The predicted octanol–water partition coefficient (Wildman–Crippen LogP) is 1.42. The number of likely N-dealkylation sites (N-methyl/N-ethyl adjacent to an activating group) is 1. The molecule has 0 spiro atoms. The third-order valence-electron chi connectivity index (χ3n) is 2.57. The van der Waals surface area contributed by atoms with Crippen molar-refractivity contribution in [2.45, 2.75) is 37.3 Å². The fraction of sp³-hybridized carbons (Fsp3) is 1.00. The number of hydrogen-bond donors (Lipinski definition) is 1. The highest BCUT2D eigenvalue weighted by molar-refractivity contribution is 8.00. The first-order chi connectivity index (χ1) is 6.13. The number of rotatable bonds is 3. The van der Waals surface area contributed by atoms with E-state index in [2.05, 4.69) is 42.7 Å². The van der Waals surface area contributed by atoms with E-state index in [0.717, 1.165) is 17.0 Å². The summed E-state index contributed by atoms with van der Waals surface area (Å²) in [6.45, 7) is 10.6.